The summed E-state index contributed by atoms with van der Waals surface area (Å²) >= 11 is 0. The number of aryl methyl sites for hydroxylation is 2. The molecule has 0 saturated carbocycles. The number of rotatable bonds is 12. The number of imidazole rings is 2. The quantitative estimate of drug-likeness (QED) is 0.154. The summed E-state index contributed by atoms with van der Waals surface area (Å²) in [5.74, 6) is 1.49. The van der Waals surface area contributed by atoms with Crippen LogP contribution in [0.15, 0.2) is 84.0 Å². The maximum Gasteiger partial charge on any atom is 0.226 e. The number of nitrogens with zero attached hydrogens (tertiary/aromatic N) is 8. The summed E-state index contributed by atoms with van der Waals surface area (Å²) in [4.78, 5) is 23.0. The molecule has 4 aromatic heterocycles. The Labute approximate surface area is 270 Å². The number of ether oxygens (including phenoxy) is 1. The third kappa shape index (κ3) is 6.30. The number of fused-ring (bicyclic) bond motifs is 1. The Hall–Kier alpha value is -5.18. The normalized spacial score (nSPS) is 19.5. The number of hydrogen-bond donors (Lipinski definition) is 4. The van der Waals surface area contributed by atoms with E-state index < -0.39 is 24.5 Å². The lowest BCUT2D eigenvalue weighted by Crippen LogP contribution is -2.29. The van der Waals surface area contributed by atoms with Crippen LogP contribution in [-0.2, 0) is 24.6 Å². The Morgan fingerprint density at radius 1 is 0.894 bits per heavy atom. The summed E-state index contributed by atoms with van der Waals surface area (Å²) < 4.78 is 14.9. The van der Waals surface area contributed by atoms with Gasteiger partial charge in [-0.25, -0.2) is 9.97 Å². The van der Waals surface area contributed by atoms with E-state index in [-0.39, 0.29) is 11.7 Å². The molecule has 4 N–H and O–H groups in total. The molecule has 1 fully saturated rings. The molecule has 14 nitrogen and oxygen atoms in total. The molecule has 7 rings (SSSR count). The van der Waals surface area contributed by atoms with Crippen LogP contribution in [0.3, 0.4) is 0 Å². The minimum Gasteiger partial charge on any atom is -0.387 e. The second-order valence-electron chi connectivity index (χ2n) is 11.5. The van der Waals surface area contributed by atoms with Crippen molar-refractivity contribution < 1.29 is 19.5 Å². The van der Waals surface area contributed by atoms with E-state index in [1.807, 2.05) is 61.1 Å². The number of aliphatic hydroxyl groups excluding tert-OH is 2. The molecule has 6 aromatic rings. The summed E-state index contributed by atoms with van der Waals surface area (Å²) in [6.07, 6.45) is 1.84. The molecular formula is C33H36N10O4. The van der Waals surface area contributed by atoms with Crippen molar-refractivity contribution in [2.75, 3.05) is 23.7 Å². The highest BCUT2D eigenvalue weighted by atomic mass is 16.6. The Balaban J connectivity index is 1.21. The maximum absolute atomic E-state index is 11.1. The summed E-state index contributed by atoms with van der Waals surface area (Å²) in [6, 6.07) is 20.6. The Morgan fingerprint density at radius 2 is 1.64 bits per heavy atom. The first kappa shape index (κ1) is 30.5. The Kier molecular flexibility index (Phi) is 8.61. The number of aliphatic hydroxyl groups is 2. The van der Waals surface area contributed by atoms with E-state index >= 15 is 0 Å². The smallest absolute Gasteiger partial charge is 0.226 e. The van der Waals surface area contributed by atoms with Crippen molar-refractivity contribution in [2.24, 2.45) is 7.05 Å². The molecule has 1 aliphatic rings. The second kappa shape index (κ2) is 13.3. The molecule has 47 heavy (non-hydrogen) atoms. The van der Waals surface area contributed by atoms with E-state index in [0.29, 0.717) is 54.8 Å². The average Bonchev–Trinajstić information content (AvgIpc) is 3.90. The highest BCUT2D eigenvalue weighted by Crippen LogP contribution is 2.39. The fourth-order valence-electron chi connectivity index (χ4n) is 5.83. The van der Waals surface area contributed by atoms with E-state index in [0.717, 1.165) is 16.8 Å². The van der Waals surface area contributed by atoms with Crippen LogP contribution < -0.4 is 10.6 Å². The molecule has 0 radical (unpaired) electrons. The van der Waals surface area contributed by atoms with Gasteiger partial charge in [-0.05, 0) is 11.1 Å². The molecule has 4 atom stereocenters. The van der Waals surface area contributed by atoms with Crippen molar-refractivity contribution in [3.05, 3.63) is 108 Å². The van der Waals surface area contributed by atoms with Gasteiger partial charge in [0.05, 0.1) is 18.3 Å². The molecule has 5 heterocycles. The molecule has 242 valence electrons. The highest BCUT2D eigenvalue weighted by molar-refractivity contribution is 5.84. The molecular weight excluding hydrogens is 600 g/mol. The summed E-state index contributed by atoms with van der Waals surface area (Å²) in [5, 5.41) is 32.9. The number of nitrogens with one attached hydrogen (secondary N) is 2. The third-order valence-electron chi connectivity index (χ3n) is 8.27. The van der Waals surface area contributed by atoms with Gasteiger partial charge < -0.3 is 34.7 Å². The van der Waals surface area contributed by atoms with Gasteiger partial charge in [0.1, 0.15) is 12.2 Å². The van der Waals surface area contributed by atoms with Crippen LogP contribution in [0.5, 0.6) is 0 Å². The third-order valence-corrected chi connectivity index (χ3v) is 8.27. The van der Waals surface area contributed by atoms with E-state index in [1.165, 1.54) is 6.33 Å². The van der Waals surface area contributed by atoms with Gasteiger partial charge in [-0.1, -0.05) is 72.7 Å². The summed E-state index contributed by atoms with van der Waals surface area (Å²) in [6.45, 7) is 2.95. The zero-order chi connectivity index (χ0) is 32.3. The van der Waals surface area contributed by atoms with Crippen molar-refractivity contribution in [3.8, 4) is 0 Å². The number of benzene rings is 2. The van der Waals surface area contributed by atoms with Crippen LogP contribution in [0, 0.1) is 0 Å². The topological polar surface area (TPSA) is 174 Å². The zero-order valence-electron chi connectivity index (χ0n) is 26.0. The molecule has 0 spiro atoms. The van der Waals surface area contributed by atoms with Crippen molar-refractivity contribution in [1.82, 2.24) is 39.2 Å². The van der Waals surface area contributed by atoms with Gasteiger partial charge in [0.2, 0.25) is 17.7 Å². The first-order chi connectivity index (χ1) is 23.0. The number of hydrogen-bond acceptors (Lipinski definition) is 12. The lowest BCUT2D eigenvalue weighted by Gasteiger charge is -2.20. The lowest BCUT2D eigenvalue weighted by molar-refractivity contribution is -0.0388. The minimum atomic E-state index is -1.31. The zero-order valence-corrected chi connectivity index (χ0v) is 26.0. The largest absolute Gasteiger partial charge is 0.387 e. The van der Waals surface area contributed by atoms with Crippen LogP contribution in [0.1, 0.15) is 53.7 Å². The van der Waals surface area contributed by atoms with E-state index in [9.17, 15) is 10.2 Å². The Bertz CT molecular complexity index is 1890. The van der Waals surface area contributed by atoms with Gasteiger partial charge in [0.25, 0.3) is 0 Å². The van der Waals surface area contributed by atoms with Gasteiger partial charge in [-0.15, -0.1) is 0 Å². The average molecular weight is 637 g/mol. The number of anilines is 2. The first-order valence-electron chi connectivity index (χ1n) is 15.6. The van der Waals surface area contributed by atoms with Crippen molar-refractivity contribution in [1.29, 1.82) is 0 Å². The highest BCUT2D eigenvalue weighted by Gasteiger charge is 2.47. The van der Waals surface area contributed by atoms with Crippen LogP contribution in [0.4, 0.5) is 11.8 Å². The van der Waals surface area contributed by atoms with Crippen LogP contribution in [0.25, 0.3) is 11.2 Å². The van der Waals surface area contributed by atoms with Gasteiger partial charge in [0, 0.05) is 45.1 Å². The van der Waals surface area contributed by atoms with Gasteiger partial charge in [-0.3, -0.25) is 4.57 Å². The van der Waals surface area contributed by atoms with E-state index in [2.05, 4.69) is 55.0 Å². The van der Waals surface area contributed by atoms with Crippen LogP contribution >= 0.6 is 0 Å². The fourth-order valence-corrected chi connectivity index (χ4v) is 5.83. The SMILES string of the molecule is CCc1nc([C@H]2O[C@@H](n3cnc4c(NCC(c5ccccc5)c5ccccc5)nc(NCCc5cn(C)cn5)nc43)[C@H](O)[C@@H]2O)no1. The van der Waals surface area contributed by atoms with Crippen molar-refractivity contribution >= 4 is 22.9 Å². The molecule has 0 bridgehead atoms. The summed E-state index contributed by atoms with van der Waals surface area (Å²) in [7, 11) is 1.93. The minimum absolute atomic E-state index is 0.0314. The predicted molar refractivity (Wildman–Crippen MR) is 172 cm³/mol. The van der Waals surface area contributed by atoms with E-state index in [1.54, 1.807) is 10.9 Å². The van der Waals surface area contributed by atoms with Crippen molar-refractivity contribution in [2.45, 2.75) is 50.2 Å². The molecule has 0 unspecified atom stereocenters. The van der Waals surface area contributed by atoms with Gasteiger partial charge >= 0.3 is 0 Å². The van der Waals surface area contributed by atoms with Crippen LogP contribution in [0.2, 0.25) is 0 Å². The molecule has 0 aliphatic carbocycles. The second-order valence-corrected chi connectivity index (χ2v) is 11.5. The van der Waals surface area contributed by atoms with Gasteiger partial charge in [-0.2, -0.15) is 15.0 Å². The maximum atomic E-state index is 11.1. The molecule has 1 aliphatic heterocycles. The van der Waals surface area contributed by atoms with Crippen LogP contribution in [-0.4, -0.2) is 74.7 Å². The molecule has 1 saturated heterocycles. The first-order valence-corrected chi connectivity index (χ1v) is 15.6. The monoisotopic (exact) mass is 636 g/mol. The Morgan fingerprint density at radius 3 is 2.30 bits per heavy atom. The van der Waals surface area contributed by atoms with E-state index in [4.69, 9.17) is 19.2 Å². The molecule has 14 heteroatoms. The number of aromatic nitrogens is 8. The summed E-state index contributed by atoms with van der Waals surface area (Å²) in [5.41, 5.74) is 4.16. The standard InChI is InChI=1S/C33H36N10O4/c1-3-24-38-30(41-47-24)28-26(44)27(45)32(46-28)43-19-37-25-29(39-33(40-31(25)43)34-15-14-22-17-42(2)18-36-22)35-16-23(20-10-6-4-7-11-20)21-12-8-5-9-13-21/h4-13,17-19,23,26-28,32,44-45H,3,14-16H2,1-2H3,(H2,34,35,39,40)/t26-,27+,28-,32+/m0/s1. The lowest BCUT2D eigenvalue weighted by atomic mass is 9.91. The fraction of sp³-hybridized carbons (Fsp3) is 0.333. The van der Waals surface area contributed by atoms with Crippen molar-refractivity contribution in [3.63, 3.8) is 0 Å². The predicted octanol–water partition coefficient (Wildman–Crippen LogP) is 3.40. The molecule has 0 amide bonds. The van der Waals surface area contributed by atoms with Gasteiger partial charge in [0.15, 0.2) is 29.3 Å². The molecule has 2 aromatic carbocycles.